The molecular weight excluding hydrogens is 181 g/mol. The zero-order chi connectivity index (χ0) is 10.7. The van der Waals surface area contributed by atoms with E-state index in [2.05, 4.69) is 0 Å². The van der Waals surface area contributed by atoms with Crippen LogP contribution in [0, 0.1) is 12.7 Å². The highest BCUT2D eigenvalue weighted by Crippen LogP contribution is 2.29. The number of benzene rings is 1. The van der Waals surface area contributed by atoms with Crippen LogP contribution in [0.25, 0.3) is 0 Å². The largest absolute Gasteiger partial charge is 0.505 e. The Morgan fingerprint density at radius 1 is 1.50 bits per heavy atom. The summed E-state index contributed by atoms with van der Waals surface area (Å²) in [6.07, 6.45) is 1.66. The van der Waals surface area contributed by atoms with E-state index in [1.165, 1.54) is 0 Å². The molecule has 3 heteroatoms. The molecule has 0 bridgehead atoms. The minimum Gasteiger partial charge on any atom is -0.505 e. The van der Waals surface area contributed by atoms with E-state index in [0.717, 1.165) is 12.8 Å². The van der Waals surface area contributed by atoms with Gasteiger partial charge in [0.15, 0.2) is 11.6 Å². The fourth-order valence-corrected chi connectivity index (χ4v) is 1.45. The first kappa shape index (κ1) is 11.0. The Kier molecular flexibility index (Phi) is 3.47. The lowest BCUT2D eigenvalue weighted by molar-refractivity contribution is 0.416. The summed E-state index contributed by atoms with van der Waals surface area (Å²) < 4.78 is 13.3. The average Bonchev–Trinajstić information content (AvgIpc) is 2.15. The third-order valence-electron chi connectivity index (χ3n) is 2.34. The van der Waals surface area contributed by atoms with Gasteiger partial charge in [0, 0.05) is 11.6 Å². The van der Waals surface area contributed by atoms with Gasteiger partial charge in [-0.05, 0) is 18.9 Å². The zero-order valence-corrected chi connectivity index (χ0v) is 8.55. The van der Waals surface area contributed by atoms with Crippen LogP contribution < -0.4 is 5.73 Å². The van der Waals surface area contributed by atoms with E-state index in [1.54, 1.807) is 19.1 Å². The van der Waals surface area contributed by atoms with Gasteiger partial charge < -0.3 is 10.8 Å². The van der Waals surface area contributed by atoms with E-state index in [0.29, 0.717) is 11.1 Å². The predicted molar refractivity (Wildman–Crippen MR) is 54.6 cm³/mol. The van der Waals surface area contributed by atoms with Crippen LogP contribution in [0.15, 0.2) is 12.1 Å². The van der Waals surface area contributed by atoms with Crippen LogP contribution in [0.2, 0.25) is 0 Å². The van der Waals surface area contributed by atoms with Crippen LogP contribution in [0.1, 0.15) is 36.9 Å². The number of hydrogen-bond acceptors (Lipinski definition) is 2. The number of hydrogen-bond donors (Lipinski definition) is 2. The summed E-state index contributed by atoms with van der Waals surface area (Å²) in [7, 11) is 0. The number of aryl methyl sites for hydroxylation is 1. The van der Waals surface area contributed by atoms with Gasteiger partial charge in [-0.2, -0.15) is 0 Å². The summed E-state index contributed by atoms with van der Waals surface area (Å²) in [5.41, 5.74) is 6.73. The van der Waals surface area contributed by atoms with Crippen molar-refractivity contribution in [1.29, 1.82) is 0 Å². The number of phenolic OH excluding ortho intramolecular Hbond substituents is 1. The Bertz CT molecular complexity index is 325. The fourth-order valence-electron chi connectivity index (χ4n) is 1.45. The molecule has 0 fully saturated rings. The number of aromatic hydroxyl groups is 1. The summed E-state index contributed by atoms with van der Waals surface area (Å²) in [5, 5.41) is 9.52. The lowest BCUT2D eigenvalue weighted by atomic mass is 10.0. The van der Waals surface area contributed by atoms with Crippen molar-refractivity contribution in [3.63, 3.8) is 0 Å². The molecule has 0 spiro atoms. The van der Waals surface area contributed by atoms with Crippen molar-refractivity contribution < 1.29 is 9.50 Å². The van der Waals surface area contributed by atoms with E-state index in [-0.39, 0.29) is 11.8 Å². The molecule has 1 aromatic rings. The van der Waals surface area contributed by atoms with Crippen molar-refractivity contribution in [3.05, 3.63) is 29.1 Å². The van der Waals surface area contributed by atoms with Gasteiger partial charge in [-0.25, -0.2) is 4.39 Å². The molecule has 0 aliphatic heterocycles. The quantitative estimate of drug-likeness (QED) is 0.782. The Morgan fingerprint density at radius 2 is 2.14 bits per heavy atom. The molecule has 0 aromatic heterocycles. The Labute approximate surface area is 83.6 Å². The topological polar surface area (TPSA) is 46.2 Å². The molecule has 0 aliphatic rings. The van der Waals surface area contributed by atoms with Crippen molar-refractivity contribution in [3.8, 4) is 5.75 Å². The third-order valence-corrected chi connectivity index (χ3v) is 2.34. The number of nitrogens with two attached hydrogens (primary N) is 1. The van der Waals surface area contributed by atoms with Gasteiger partial charge in [0.1, 0.15) is 0 Å². The van der Waals surface area contributed by atoms with Gasteiger partial charge >= 0.3 is 0 Å². The monoisotopic (exact) mass is 197 g/mol. The van der Waals surface area contributed by atoms with E-state index >= 15 is 0 Å². The molecule has 0 aliphatic carbocycles. The number of rotatable bonds is 3. The minimum absolute atomic E-state index is 0.282. The number of phenols is 1. The predicted octanol–water partition coefficient (Wildman–Crippen LogP) is 2.64. The molecule has 1 atom stereocenters. The van der Waals surface area contributed by atoms with Crippen molar-refractivity contribution in [1.82, 2.24) is 0 Å². The maximum atomic E-state index is 13.3. The van der Waals surface area contributed by atoms with Crippen LogP contribution in [-0.4, -0.2) is 5.11 Å². The second-order valence-corrected chi connectivity index (χ2v) is 3.53. The summed E-state index contributed by atoms with van der Waals surface area (Å²) in [6.45, 7) is 3.62. The Hall–Kier alpha value is -1.09. The summed E-state index contributed by atoms with van der Waals surface area (Å²) >= 11 is 0. The van der Waals surface area contributed by atoms with Crippen LogP contribution in [0.5, 0.6) is 5.75 Å². The van der Waals surface area contributed by atoms with E-state index in [9.17, 15) is 9.50 Å². The van der Waals surface area contributed by atoms with Crippen LogP contribution >= 0.6 is 0 Å². The molecule has 2 nitrogen and oxygen atoms in total. The fraction of sp³-hybridized carbons (Fsp3) is 0.455. The van der Waals surface area contributed by atoms with Gasteiger partial charge in [0.2, 0.25) is 0 Å². The van der Waals surface area contributed by atoms with Crippen LogP contribution in [0.3, 0.4) is 0 Å². The average molecular weight is 197 g/mol. The van der Waals surface area contributed by atoms with Gasteiger partial charge in [0.25, 0.3) is 0 Å². The van der Waals surface area contributed by atoms with Crippen molar-refractivity contribution >= 4 is 0 Å². The lowest BCUT2D eigenvalue weighted by Crippen LogP contribution is -2.10. The van der Waals surface area contributed by atoms with Crippen molar-refractivity contribution in [2.75, 3.05) is 0 Å². The molecule has 0 saturated carbocycles. The molecule has 1 aromatic carbocycles. The molecule has 0 saturated heterocycles. The first-order valence-corrected chi connectivity index (χ1v) is 4.81. The highest BCUT2D eigenvalue weighted by molar-refractivity contribution is 5.39. The molecule has 0 amide bonds. The van der Waals surface area contributed by atoms with Crippen molar-refractivity contribution in [2.24, 2.45) is 5.73 Å². The third kappa shape index (κ3) is 2.04. The van der Waals surface area contributed by atoms with Crippen LogP contribution in [-0.2, 0) is 0 Å². The summed E-state index contributed by atoms with van der Waals surface area (Å²) in [5.74, 6) is -0.861. The SMILES string of the molecule is CCC[C@H](N)c1ccc(C)c(F)c1O. The van der Waals surface area contributed by atoms with E-state index in [1.807, 2.05) is 6.92 Å². The highest BCUT2D eigenvalue weighted by Gasteiger charge is 2.14. The first-order valence-electron chi connectivity index (χ1n) is 4.81. The molecular formula is C11H16FNO. The Morgan fingerprint density at radius 3 is 2.71 bits per heavy atom. The maximum absolute atomic E-state index is 13.3. The smallest absolute Gasteiger partial charge is 0.168 e. The lowest BCUT2D eigenvalue weighted by Gasteiger charge is -2.13. The zero-order valence-electron chi connectivity index (χ0n) is 8.55. The first-order chi connectivity index (χ1) is 6.57. The van der Waals surface area contributed by atoms with Crippen molar-refractivity contribution in [2.45, 2.75) is 32.7 Å². The Balaban J connectivity index is 3.04. The highest BCUT2D eigenvalue weighted by atomic mass is 19.1. The summed E-state index contributed by atoms with van der Waals surface area (Å²) in [6, 6.07) is 3.05. The summed E-state index contributed by atoms with van der Waals surface area (Å²) in [4.78, 5) is 0. The standard InChI is InChI=1S/C11H16FNO/c1-3-4-9(13)8-6-5-7(2)10(12)11(8)14/h5-6,9,14H,3-4,13H2,1-2H3/t9-/m0/s1. The van der Waals surface area contributed by atoms with Gasteiger partial charge in [-0.1, -0.05) is 25.5 Å². The second kappa shape index (κ2) is 4.42. The second-order valence-electron chi connectivity index (χ2n) is 3.53. The molecule has 1 rings (SSSR count). The van der Waals surface area contributed by atoms with Gasteiger partial charge in [0.05, 0.1) is 0 Å². The van der Waals surface area contributed by atoms with Gasteiger partial charge in [-0.15, -0.1) is 0 Å². The van der Waals surface area contributed by atoms with E-state index < -0.39 is 5.82 Å². The van der Waals surface area contributed by atoms with E-state index in [4.69, 9.17) is 5.73 Å². The molecule has 0 heterocycles. The molecule has 14 heavy (non-hydrogen) atoms. The molecule has 3 N–H and O–H groups in total. The minimum atomic E-state index is -0.561. The number of halogens is 1. The molecule has 0 radical (unpaired) electrons. The molecule has 78 valence electrons. The molecule has 0 unspecified atom stereocenters. The normalized spacial score (nSPS) is 12.9. The van der Waals surface area contributed by atoms with Crippen LogP contribution in [0.4, 0.5) is 4.39 Å². The maximum Gasteiger partial charge on any atom is 0.168 e. The van der Waals surface area contributed by atoms with Gasteiger partial charge in [-0.3, -0.25) is 0 Å².